The van der Waals surface area contributed by atoms with Crippen LogP contribution in [0.15, 0.2) is 30.5 Å². The number of benzene rings is 1. The maximum absolute atomic E-state index is 11.7. The third-order valence-corrected chi connectivity index (χ3v) is 4.36. The second kappa shape index (κ2) is 5.42. The maximum atomic E-state index is 11.7. The molecule has 0 aliphatic heterocycles. The van der Waals surface area contributed by atoms with Crippen LogP contribution in [-0.4, -0.2) is 15.1 Å². The number of ketones is 1. The first-order chi connectivity index (χ1) is 10.1. The van der Waals surface area contributed by atoms with E-state index in [9.17, 15) is 4.79 Å². The van der Waals surface area contributed by atoms with Crippen LogP contribution in [0, 0.1) is 6.92 Å². The molecule has 0 fully saturated rings. The molecule has 0 saturated heterocycles. The molecule has 6 heteroatoms. The van der Waals surface area contributed by atoms with E-state index in [1.165, 1.54) is 11.5 Å². The number of nitrogens with zero attached hydrogens (tertiary/aromatic N) is 2. The number of Topliss-reactive ketones (excluding diaryl/α,β-unsaturated/α-hetero) is 1. The minimum absolute atomic E-state index is 0.00465. The van der Waals surface area contributed by atoms with Crippen molar-refractivity contribution >= 4 is 50.5 Å². The number of carbonyl (C=O) groups excluding carboxylic acids is 1. The van der Waals surface area contributed by atoms with E-state index < -0.39 is 0 Å². The zero-order chi connectivity index (χ0) is 15.0. The van der Waals surface area contributed by atoms with Gasteiger partial charge in [0.05, 0.1) is 27.5 Å². The number of nitrogens with one attached hydrogen (secondary N) is 1. The van der Waals surface area contributed by atoms with Gasteiger partial charge in [0, 0.05) is 11.6 Å². The third-order valence-electron chi connectivity index (χ3n) is 3.18. The van der Waals surface area contributed by atoms with Crippen molar-refractivity contribution in [1.82, 2.24) is 9.36 Å². The van der Waals surface area contributed by atoms with Crippen LogP contribution in [0.25, 0.3) is 10.9 Å². The molecular formula is C15H12ClN3OS. The molecule has 3 aromatic rings. The Morgan fingerprint density at radius 2 is 2.14 bits per heavy atom. The predicted molar refractivity (Wildman–Crippen MR) is 86.9 cm³/mol. The van der Waals surface area contributed by atoms with Gasteiger partial charge in [0.15, 0.2) is 5.78 Å². The van der Waals surface area contributed by atoms with Crippen LogP contribution in [-0.2, 0) is 0 Å². The second-order valence-electron chi connectivity index (χ2n) is 4.65. The van der Waals surface area contributed by atoms with Crippen LogP contribution in [0.5, 0.6) is 0 Å². The van der Waals surface area contributed by atoms with Crippen LogP contribution in [0.2, 0.25) is 5.02 Å². The number of carbonyl (C=O) groups is 1. The molecule has 0 atom stereocenters. The van der Waals surface area contributed by atoms with Gasteiger partial charge in [-0.3, -0.25) is 9.78 Å². The van der Waals surface area contributed by atoms with E-state index in [2.05, 4.69) is 14.7 Å². The number of halogens is 1. The molecule has 2 aromatic heterocycles. The monoisotopic (exact) mass is 317 g/mol. The Morgan fingerprint density at radius 3 is 2.90 bits per heavy atom. The lowest BCUT2D eigenvalue weighted by Gasteiger charge is -2.09. The fraction of sp³-hybridized carbons (Fsp3) is 0.133. The molecule has 1 aromatic carbocycles. The number of aromatic nitrogens is 2. The van der Waals surface area contributed by atoms with Gasteiger partial charge in [-0.15, -0.1) is 0 Å². The van der Waals surface area contributed by atoms with Crippen molar-refractivity contribution in [3.05, 3.63) is 46.7 Å². The highest BCUT2D eigenvalue weighted by atomic mass is 35.5. The van der Waals surface area contributed by atoms with Crippen molar-refractivity contribution < 1.29 is 4.79 Å². The van der Waals surface area contributed by atoms with Crippen molar-refractivity contribution in [2.45, 2.75) is 13.8 Å². The Balaban J connectivity index is 2.11. The fourth-order valence-electron chi connectivity index (χ4n) is 2.23. The first-order valence-corrected chi connectivity index (χ1v) is 7.50. The molecule has 0 radical (unpaired) electrons. The highest BCUT2D eigenvalue weighted by Gasteiger charge is 2.16. The van der Waals surface area contributed by atoms with Gasteiger partial charge in [-0.05, 0) is 49.6 Å². The minimum Gasteiger partial charge on any atom is -0.344 e. The summed E-state index contributed by atoms with van der Waals surface area (Å²) >= 11 is 7.46. The van der Waals surface area contributed by atoms with Crippen molar-refractivity contribution in [3.63, 3.8) is 0 Å². The molecule has 0 bridgehead atoms. The van der Waals surface area contributed by atoms with Crippen LogP contribution >= 0.6 is 23.1 Å². The Hall–Kier alpha value is -1.98. The average Bonchev–Trinajstić information content (AvgIpc) is 2.83. The third kappa shape index (κ3) is 2.50. The van der Waals surface area contributed by atoms with Gasteiger partial charge in [-0.2, -0.15) is 4.37 Å². The summed E-state index contributed by atoms with van der Waals surface area (Å²) in [6, 6.07) is 7.43. The zero-order valence-corrected chi connectivity index (χ0v) is 13.0. The number of anilines is 2. The summed E-state index contributed by atoms with van der Waals surface area (Å²) in [7, 11) is 0. The number of aryl methyl sites for hydroxylation is 1. The van der Waals surface area contributed by atoms with Crippen LogP contribution in [0.4, 0.5) is 10.7 Å². The molecule has 106 valence electrons. The Labute approximate surface area is 131 Å². The topological polar surface area (TPSA) is 54.9 Å². The maximum Gasteiger partial charge on any atom is 0.164 e. The van der Waals surface area contributed by atoms with E-state index in [-0.39, 0.29) is 5.78 Å². The number of hydrogen-bond donors (Lipinski definition) is 1. The van der Waals surface area contributed by atoms with E-state index in [0.717, 1.165) is 27.3 Å². The minimum atomic E-state index is -0.00465. The molecular weight excluding hydrogens is 306 g/mol. The summed E-state index contributed by atoms with van der Waals surface area (Å²) in [6.45, 7) is 3.37. The SMILES string of the molecule is CC(=O)c1c(C)nsc1Nc1ccc(Cl)c2cccnc12. The lowest BCUT2D eigenvalue weighted by molar-refractivity contribution is 0.101. The summed E-state index contributed by atoms with van der Waals surface area (Å²) in [5.74, 6) is -0.00465. The van der Waals surface area contributed by atoms with E-state index in [4.69, 9.17) is 11.6 Å². The van der Waals surface area contributed by atoms with Gasteiger partial charge in [-0.1, -0.05) is 11.6 Å². The highest BCUT2D eigenvalue weighted by Crippen LogP contribution is 2.33. The van der Waals surface area contributed by atoms with Crippen LogP contribution < -0.4 is 5.32 Å². The Kier molecular flexibility index (Phi) is 3.61. The summed E-state index contributed by atoms with van der Waals surface area (Å²) in [6.07, 6.45) is 1.72. The van der Waals surface area contributed by atoms with E-state index in [1.807, 2.05) is 31.2 Å². The average molecular weight is 318 g/mol. The molecule has 3 rings (SSSR count). The van der Waals surface area contributed by atoms with Gasteiger partial charge >= 0.3 is 0 Å². The van der Waals surface area contributed by atoms with Crippen molar-refractivity contribution in [2.75, 3.05) is 5.32 Å². The van der Waals surface area contributed by atoms with Crippen LogP contribution in [0.1, 0.15) is 23.0 Å². The van der Waals surface area contributed by atoms with E-state index >= 15 is 0 Å². The number of hydrogen-bond acceptors (Lipinski definition) is 5. The number of rotatable bonds is 3. The second-order valence-corrected chi connectivity index (χ2v) is 5.83. The summed E-state index contributed by atoms with van der Waals surface area (Å²) < 4.78 is 4.24. The van der Waals surface area contributed by atoms with Gasteiger partial charge < -0.3 is 5.32 Å². The first-order valence-electron chi connectivity index (χ1n) is 6.35. The van der Waals surface area contributed by atoms with Gasteiger partial charge in [-0.25, -0.2) is 0 Å². The lowest BCUT2D eigenvalue weighted by Crippen LogP contribution is -1.99. The van der Waals surface area contributed by atoms with Gasteiger partial charge in [0.2, 0.25) is 0 Å². The molecule has 0 spiro atoms. The smallest absolute Gasteiger partial charge is 0.164 e. The fourth-order valence-corrected chi connectivity index (χ4v) is 3.30. The molecule has 0 aliphatic carbocycles. The number of pyridine rings is 1. The molecule has 21 heavy (non-hydrogen) atoms. The molecule has 0 aliphatic rings. The predicted octanol–water partition coefficient (Wildman–Crippen LogP) is 4.60. The highest BCUT2D eigenvalue weighted by molar-refractivity contribution is 7.10. The van der Waals surface area contributed by atoms with Crippen LogP contribution in [0.3, 0.4) is 0 Å². The van der Waals surface area contributed by atoms with Crippen molar-refractivity contribution in [2.24, 2.45) is 0 Å². The number of fused-ring (bicyclic) bond motifs is 1. The van der Waals surface area contributed by atoms with Crippen molar-refractivity contribution in [1.29, 1.82) is 0 Å². The molecule has 2 heterocycles. The summed E-state index contributed by atoms with van der Waals surface area (Å²) in [4.78, 5) is 16.1. The zero-order valence-electron chi connectivity index (χ0n) is 11.5. The van der Waals surface area contributed by atoms with Gasteiger partial charge in [0.25, 0.3) is 0 Å². The Bertz CT molecular complexity index is 844. The molecule has 0 unspecified atom stereocenters. The van der Waals surface area contributed by atoms with Gasteiger partial charge in [0.1, 0.15) is 5.00 Å². The first kappa shape index (κ1) is 14.0. The normalized spacial score (nSPS) is 10.8. The van der Waals surface area contributed by atoms with E-state index in [0.29, 0.717) is 10.6 Å². The largest absolute Gasteiger partial charge is 0.344 e. The summed E-state index contributed by atoms with van der Waals surface area (Å²) in [5, 5.41) is 5.51. The lowest BCUT2D eigenvalue weighted by atomic mass is 10.1. The van der Waals surface area contributed by atoms with Crippen molar-refractivity contribution in [3.8, 4) is 0 Å². The molecule has 1 N–H and O–H groups in total. The molecule has 0 amide bonds. The summed E-state index contributed by atoms with van der Waals surface area (Å²) in [5.41, 5.74) is 2.94. The molecule has 4 nitrogen and oxygen atoms in total. The Morgan fingerprint density at radius 1 is 1.33 bits per heavy atom. The van der Waals surface area contributed by atoms with E-state index in [1.54, 1.807) is 13.1 Å². The standard InChI is InChI=1S/C15H12ClN3OS/c1-8-13(9(2)20)15(21-19-8)18-12-6-5-11(16)10-4-3-7-17-14(10)12/h3-7,18H,1-2H3. The quantitative estimate of drug-likeness (QED) is 0.717. The molecule has 0 saturated carbocycles.